The molecule has 5 rings (SSSR count). The number of nitrogens with one attached hydrogen (secondary N) is 2. The van der Waals surface area contributed by atoms with Gasteiger partial charge in [0.15, 0.2) is 5.82 Å². The second kappa shape index (κ2) is 10.2. The molecule has 1 unspecified atom stereocenters. The Morgan fingerprint density at radius 1 is 1.17 bits per heavy atom. The van der Waals surface area contributed by atoms with Gasteiger partial charge in [-0.1, -0.05) is 17.7 Å². The fraction of sp³-hybridized carbons (Fsp3) is 0.214. The van der Waals surface area contributed by atoms with Gasteiger partial charge in [-0.15, -0.1) is 0 Å². The number of piperidine rings is 1. The van der Waals surface area contributed by atoms with Gasteiger partial charge in [0, 0.05) is 48.0 Å². The van der Waals surface area contributed by atoms with E-state index in [2.05, 4.69) is 44.7 Å². The average Bonchev–Trinajstić information content (AvgIpc) is 2.90. The van der Waals surface area contributed by atoms with Gasteiger partial charge >= 0.3 is 0 Å². The van der Waals surface area contributed by atoms with Gasteiger partial charge in [-0.05, 0) is 91.4 Å². The lowest BCUT2D eigenvalue weighted by atomic mass is 9.65. The largest absolute Gasteiger partial charge is 0.355 e. The van der Waals surface area contributed by atoms with Gasteiger partial charge in [0.25, 0.3) is 0 Å². The highest BCUT2D eigenvalue weighted by Gasteiger charge is 2.49. The minimum absolute atomic E-state index is 0.135. The molecule has 2 heterocycles. The molecule has 182 valence electrons. The third-order valence-electron chi connectivity index (χ3n) is 6.57. The summed E-state index contributed by atoms with van der Waals surface area (Å²) in [4.78, 5) is 23.7. The van der Waals surface area contributed by atoms with Crippen LogP contribution in [0.4, 0.5) is 10.1 Å². The van der Waals surface area contributed by atoms with Crippen LogP contribution in [-0.2, 0) is 0 Å². The van der Waals surface area contributed by atoms with Crippen LogP contribution in [0.5, 0.6) is 0 Å². The molecule has 36 heavy (non-hydrogen) atoms. The van der Waals surface area contributed by atoms with E-state index in [1.807, 2.05) is 12.1 Å². The Hall–Kier alpha value is -3.62. The van der Waals surface area contributed by atoms with Crippen molar-refractivity contribution in [1.82, 2.24) is 14.3 Å². The Morgan fingerprint density at radius 3 is 2.67 bits per heavy atom. The first kappa shape index (κ1) is 24.1. The number of allylic oxidation sites excluding steroid dienone is 2. The van der Waals surface area contributed by atoms with E-state index < -0.39 is 5.41 Å². The summed E-state index contributed by atoms with van der Waals surface area (Å²) in [6, 6.07) is 16.1. The Bertz CT molecular complexity index is 1360. The van der Waals surface area contributed by atoms with Gasteiger partial charge in [0.1, 0.15) is 5.82 Å². The number of carbonyl (C=O) groups excluding carboxylic acids is 1. The monoisotopic (exact) mass is 499 g/mol. The number of halogens is 1. The zero-order valence-corrected chi connectivity index (χ0v) is 20.7. The molecule has 6 nitrogen and oxygen atoms in total. The van der Waals surface area contributed by atoms with E-state index in [0.29, 0.717) is 25.0 Å². The van der Waals surface area contributed by atoms with Crippen LogP contribution in [0, 0.1) is 23.6 Å². The fourth-order valence-corrected chi connectivity index (χ4v) is 5.94. The predicted octanol–water partition coefficient (Wildman–Crippen LogP) is 5.85. The topological polar surface area (TPSA) is 82.0 Å². The number of hydrogen-bond donors (Lipinski definition) is 2. The zero-order valence-electron chi connectivity index (χ0n) is 19.9. The van der Waals surface area contributed by atoms with Crippen molar-refractivity contribution in [3.05, 3.63) is 107 Å². The number of aromatic nitrogens is 2. The smallest absolute Gasteiger partial charge is 0.211 e. The first-order valence-corrected chi connectivity index (χ1v) is 12.5. The molecule has 1 fully saturated rings. The highest BCUT2D eigenvalue weighted by Crippen LogP contribution is 2.48. The zero-order chi connectivity index (χ0) is 25.1. The van der Waals surface area contributed by atoms with E-state index in [1.54, 1.807) is 42.5 Å². The molecule has 8 heteroatoms. The number of hydrogen-bond acceptors (Lipinski definition) is 7. The summed E-state index contributed by atoms with van der Waals surface area (Å²) in [6.07, 6.45) is 7.50. The van der Waals surface area contributed by atoms with Crippen LogP contribution >= 0.6 is 11.9 Å². The molecule has 1 atom stereocenters. The van der Waals surface area contributed by atoms with Crippen molar-refractivity contribution in [2.24, 2.45) is 5.41 Å². The fourth-order valence-electron chi connectivity index (χ4n) is 4.79. The molecule has 1 aliphatic heterocycles. The summed E-state index contributed by atoms with van der Waals surface area (Å²) in [5, 5.41) is 11.5. The van der Waals surface area contributed by atoms with Crippen molar-refractivity contribution in [3.8, 4) is 0 Å². The first-order chi connectivity index (χ1) is 17.5. The normalized spacial score (nSPS) is 19.9. The Balaban J connectivity index is 1.50. The second-order valence-corrected chi connectivity index (χ2v) is 10.2. The number of rotatable bonds is 7. The molecule has 2 aliphatic rings. The summed E-state index contributed by atoms with van der Waals surface area (Å²) in [5.41, 5.74) is 3.48. The molecular formula is C28H26FN5OS. The van der Waals surface area contributed by atoms with Gasteiger partial charge in [-0.25, -0.2) is 18.7 Å². The van der Waals surface area contributed by atoms with Gasteiger partial charge < -0.3 is 10.7 Å². The van der Waals surface area contributed by atoms with Crippen molar-refractivity contribution >= 4 is 29.6 Å². The molecule has 0 amide bonds. The molecule has 0 spiro atoms. The van der Waals surface area contributed by atoms with E-state index in [-0.39, 0.29) is 17.4 Å². The molecule has 2 aromatic carbocycles. The molecule has 3 aromatic rings. The molecule has 0 bridgehead atoms. The van der Waals surface area contributed by atoms with Crippen LogP contribution in [0.2, 0.25) is 0 Å². The lowest BCUT2D eigenvalue weighted by Crippen LogP contribution is -2.49. The summed E-state index contributed by atoms with van der Waals surface area (Å²) in [7, 11) is 0. The third-order valence-corrected chi connectivity index (χ3v) is 7.61. The quantitative estimate of drug-likeness (QED) is 0.241. The maximum Gasteiger partial charge on any atom is 0.211 e. The van der Waals surface area contributed by atoms with E-state index in [4.69, 9.17) is 5.41 Å². The molecule has 1 saturated heterocycles. The van der Waals surface area contributed by atoms with Gasteiger partial charge in [0.05, 0.1) is 5.41 Å². The Kier molecular flexibility index (Phi) is 6.80. The van der Waals surface area contributed by atoms with Crippen LogP contribution in [0.25, 0.3) is 0 Å². The third kappa shape index (κ3) is 4.87. The van der Waals surface area contributed by atoms with Gasteiger partial charge in [0.2, 0.25) is 5.78 Å². The lowest BCUT2D eigenvalue weighted by Gasteiger charge is -2.45. The lowest BCUT2D eigenvalue weighted by molar-refractivity contribution is 0.0769. The SMILES string of the molecule is Cc1cccc(SN2CCC3=CC(Nc4ccc(F)cc4)=C(C=N)CC3(C(=O)c3ncccn3)C2)c1. The number of ketones is 1. The molecular weight excluding hydrogens is 473 g/mol. The number of Topliss-reactive ketones (excluding diaryl/α,β-unsaturated/α-hetero) is 1. The summed E-state index contributed by atoms with van der Waals surface area (Å²) in [6.45, 7) is 3.32. The molecule has 2 N–H and O–H groups in total. The molecule has 1 aromatic heterocycles. The number of aryl methyl sites for hydroxylation is 1. The molecule has 1 aliphatic carbocycles. The number of nitrogens with zero attached hydrogens (tertiary/aromatic N) is 3. The number of anilines is 1. The average molecular weight is 500 g/mol. The minimum atomic E-state index is -0.878. The van der Waals surface area contributed by atoms with Crippen molar-refractivity contribution in [2.75, 3.05) is 18.4 Å². The minimum Gasteiger partial charge on any atom is -0.355 e. The van der Waals surface area contributed by atoms with E-state index in [1.165, 1.54) is 23.9 Å². The van der Waals surface area contributed by atoms with Crippen LogP contribution in [-0.4, -0.2) is 39.4 Å². The van der Waals surface area contributed by atoms with Crippen LogP contribution in [0.15, 0.2) is 94.8 Å². The maximum absolute atomic E-state index is 14.0. The predicted molar refractivity (Wildman–Crippen MR) is 141 cm³/mol. The van der Waals surface area contributed by atoms with E-state index in [9.17, 15) is 9.18 Å². The van der Waals surface area contributed by atoms with Crippen LogP contribution in [0.1, 0.15) is 29.0 Å². The van der Waals surface area contributed by atoms with Gasteiger partial charge in [-0.2, -0.15) is 0 Å². The highest BCUT2D eigenvalue weighted by atomic mass is 32.2. The highest BCUT2D eigenvalue weighted by molar-refractivity contribution is 7.97. The Morgan fingerprint density at radius 2 is 1.94 bits per heavy atom. The summed E-state index contributed by atoms with van der Waals surface area (Å²) >= 11 is 1.65. The summed E-state index contributed by atoms with van der Waals surface area (Å²) in [5.74, 6) is -0.260. The first-order valence-electron chi connectivity index (χ1n) is 11.8. The molecule has 0 radical (unpaired) electrons. The number of carbonyl (C=O) groups is 1. The van der Waals surface area contributed by atoms with Crippen molar-refractivity contribution in [2.45, 2.75) is 24.7 Å². The maximum atomic E-state index is 14.0. The number of benzene rings is 2. The van der Waals surface area contributed by atoms with Crippen LogP contribution in [0.3, 0.4) is 0 Å². The van der Waals surface area contributed by atoms with E-state index >= 15 is 0 Å². The van der Waals surface area contributed by atoms with Crippen molar-refractivity contribution in [3.63, 3.8) is 0 Å². The van der Waals surface area contributed by atoms with Crippen molar-refractivity contribution < 1.29 is 9.18 Å². The summed E-state index contributed by atoms with van der Waals surface area (Å²) < 4.78 is 15.6. The molecule has 0 saturated carbocycles. The second-order valence-electron chi connectivity index (χ2n) is 9.07. The van der Waals surface area contributed by atoms with E-state index in [0.717, 1.165) is 28.4 Å². The van der Waals surface area contributed by atoms with Gasteiger partial charge in [-0.3, -0.25) is 4.79 Å². The van der Waals surface area contributed by atoms with Crippen molar-refractivity contribution in [1.29, 1.82) is 5.41 Å². The standard InChI is InChI=1S/C28H26FN5OS/c1-19-4-2-5-24(14-19)36-34-13-10-21-15-25(33-23-8-6-22(29)7-9-23)20(17-30)16-28(21,18-34)26(35)27-31-11-3-12-32-27/h2-9,11-12,14-15,17,30,33H,10,13,16,18H2,1H3. The van der Waals surface area contributed by atoms with Crippen LogP contribution < -0.4 is 5.32 Å². The number of fused-ring (bicyclic) bond motifs is 1. The Labute approximate surface area is 214 Å².